The minimum atomic E-state index is -0.541. The van der Waals surface area contributed by atoms with E-state index in [1.54, 1.807) is 66.7 Å². The fraction of sp³-hybridized carbons (Fsp3) is 0.0833. The first-order chi connectivity index (χ1) is 15.4. The molecule has 1 heterocycles. The van der Waals surface area contributed by atoms with Crippen LogP contribution in [0.1, 0.15) is 5.56 Å². The molecule has 3 aromatic carbocycles. The summed E-state index contributed by atoms with van der Waals surface area (Å²) in [6, 6.07) is 18.5. The van der Waals surface area contributed by atoms with E-state index in [-0.39, 0.29) is 11.3 Å². The molecule has 0 atom stereocenters. The number of nitrogens with one attached hydrogen (secondary N) is 1. The maximum Gasteiger partial charge on any atom is 0.282 e. The van der Waals surface area contributed by atoms with Gasteiger partial charge in [-0.1, -0.05) is 47.5 Å². The third-order valence-electron chi connectivity index (χ3n) is 4.95. The molecule has 2 amide bonds. The van der Waals surface area contributed by atoms with E-state index in [0.717, 1.165) is 4.90 Å². The van der Waals surface area contributed by atoms with Crippen LogP contribution in [-0.4, -0.2) is 26.0 Å². The Balaban J connectivity index is 1.90. The van der Waals surface area contributed by atoms with Crippen molar-refractivity contribution < 1.29 is 19.1 Å². The number of methoxy groups -OCH3 is 2. The van der Waals surface area contributed by atoms with Gasteiger partial charge in [0, 0.05) is 15.6 Å². The number of anilines is 2. The average Bonchev–Trinajstić information content (AvgIpc) is 3.03. The molecule has 1 N–H and O–H groups in total. The number of ether oxygens (including phenoxy) is 2. The van der Waals surface area contributed by atoms with E-state index in [2.05, 4.69) is 5.32 Å². The van der Waals surface area contributed by atoms with Crippen molar-refractivity contribution in [3.63, 3.8) is 0 Å². The van der Waals surface area contributed by atoms with E-state index in [1.165, 1.54) is 14.2 Å². The van der Waals surface area contributed by atoms with Gasteiger partial charge in [-0.3, -0.25) is 9.59 Å². The lowest BCUT2D eigenvalue weighted by molar-refractivity contribution is -0.120. The van der Waals surface area contributed by atoms with Crippen LogP contribution in [0.25, 0.3) is 5.57 Å². The summed E-state index contributed by atoms with van der Waals surface area (Å²) >= 11 is 12.3. The maximum absolute atomic E-state index is 13.6. The number of rotatable bonds is 6. The molecule has 162 valence electrons. The number of hydrogen-bond donors (Lipinski definition) is 1. The Morgan fingerprint density at radius 2 is 1.50 bits per heavy atom. The van der Waals surface area contributed by atoms with Gasteiger partial charge in [0.25, 0.3) is 11.8 Å². The molecule has 0 saturated carbocycles. The van der Waals surface area contributed by atoms with Crippen LogP contribution in [0, 0.1) is 0 Å². The summed E-state index contributed by atoms with van der Waals surface area (Å²) in [4.78, 5) is 28.2. The standard InChI is InChI=1S/C24H18Cl2N2O4/c1-31-19-9-4-3-8-17(19)21-22(27-18-13-15(26)10-11-20(18)32-2)24(30)28(23(21)29)16-7-5-6-14(25)12-16/h3-13,27H,1-2H3. The Morgan fingerprint density at radius 1 is 0.781 bits per heavy atom. The minimum absolute atomic E-state index is 0.0695. The molecule has 8 heteroatoms. The average molecular weight is 469 g/mol. The first-order valence-electron chi connectivity index (χ1n) is 9.57. The van der Waals surface area contributed by atoms with Crippen molar-refractivity contribution in [2.45, 2.75) is 0 Å². The largest absolute Gasteiger partial charge is 0.496 e. The van der Waals surface area contributed by atoms with Crippen LogP contribution in [-0.2, 0) is 9.59 Å². The summed E-state index contributed by atoms with van der Waals surface area (Å²) in [7, 11) is 3.01. The third-order valence-corrected chi connectivity index (χ3v) is 5.42. The molecule has 0 spiro atoms. The molecule has 0 saturated heterocycles. The van der Waals surface area contributed by atoms with Gasteiger partial charge >= 0.3 is 0 Å². The minimum Gasteiger partial charge on any atom is -0.496 e. The lowest BCUT2D eigenvalue weighted by Gasteiger charge is -2.16. The smallest absolute Gasteiger partial charge is 0.282 e. The van der Waals surface area contributed by atoms with Gasteiger partial charge in [-0.05, 0) is 42.5 Å². The number of nitrogens with zero attached hydrogens (tertiary/aromatic N) is 1. The highest BCUT2D eigenvalue weighted by Gasteiger charge is 2.41. The Bertz CT molecular complexity index is 1260. The van der Waals surface area contributed by atoms with E-state index >= 15 is 0 Å². The number of halogens is 2. The molecule has 6 nitrogen and oxygen atoms in total. The highest BCUT2D eigenvalue weighted by atomic mass is 35.5. The fourth-order valence-corrected chi connectivity index (χ4v) is 3.87. The molecule has 4 rings (SSSR count). The molecule has 0 radical (unpaired) electrons. The number of benzene rings is 3. The van der Waals surface area contributed by atoms with Gasteiger partial charge in [-0.25, -0.2) is 4.90 Å². The zero-order chi connectivity index (χ0) is 22.8. The summed E-state index contributed by atoms with van der Waals surface area (Å²) in [5.41, 5.74) is 1.50. The molecule has 1 aliphatic rings. The van der Waals surface area contributed by atoms with E-state index in [0.29, 0.717) is 38.5 Å². The molecule has 0 unspecified atom stereocenters. The Kier molecular flexibility index (Phi) is 6.08. The predicted octanol–water partition coefficient (Wildman–Crippen LogP) is 5.41. The fourth-order valence-electron chi connectivity index (χ4n) is 3.51. The van der Waals surface area contributed by atoms with Gasteiger partial charge in [0.2, 0.25) is 0 Å². The van der Waals surface area contributed by atoms with Crippen LogP contribution in [0.15, 0.2) is 72.4 Å². The summed E-state index contributed by atoms with van der Waals surface area (Å²) in [6.07, 6.45) is 0. The monoisotopic (exact) mass is 468 g/mol. The van der Waals surface area contributed by atoms with Crippen LogP contribution >= 0.6 is 23.2 Å². The number of carbonyl (C=O) groups excluding carboxylic acids is 2. The molecular formula is C24H18Cl2N2O4. The molecule has 32 heavy (non-hydrogen) atoms. The Hall–Kier alpha value is -3.48. The molecule has 0 bridgehead atoms. The zero-order valence-corrected chi connectivity index (χ0v) is 18.7. The highest BCUT2D eigenvalue weighted by molar-refractivity contribution is 6.46. The number of para-hydroxylation sites is 1. The Labute approximate surface area is 195 Å². The van der Waals surface area contributed by atoms with Gasteiger partial charge < -0.3 is 14.8 Å². The maximum atomic E-state index is 13.6. The molecule has 0 aromatic heterocycles. The van der Waals surface area contributed by atoms with Gasteiger partial charge in [0.05, 0.1) is 31.2 Å². The summed E-state index contributed by atoms with van der Waals surface area (Å²) < 4.78 is 10.8. The van der Waals surface area contributed by atoms with Crippen LogP contribution in [0.4, 0.5) is 11.4 Å². The van der Waals surface area contributed by atoms with Crippen LogP contribution < -0.4 is 19.7 Å². The number of amides is 2. The van der Waals surface area contributed by atoms with Crippen molar-refractivity contribution in [1.29, 1.82) is 0 Å². The molecule has 0 aliphatic carbocycles. The molecule has 1 aliphatic heterocycles. The normalized spacial score (nSPS) is 13.6. The van der Waals surface area contributed by atoms with Gasteiger partial charge in [0.1, 0.15) is 17.2 Å². The van der Waals surface area contributed by atoms with E-state index in [9.17, 15) is 9.59 Å². The van der Waals surface area contributed by atoms with Crippen molar-refractivity contribution in [2.75, 3.05) is 24.4 Å². The number of carbonyl (C=O) groups is 2. The quantitative estimate of drug-likeness (QED) is 0.490. The Morgan fingerprint density at radius 3 is 2.22 bits per heavy atom. The predicted molar refractivity (Wildman–Crippen MR) is 125 cm³/mol. The van der Waals surface area contributed by atoms with E-state index in [1.807, 2.05) is 0 Å². The third kappa shape index (κ3) is 3.90. The molecule has 0 fully saturated rings. The van der Waals surface area contributed by atoms with Crippen LogP contribution in [0.2, 0.25) is 10.0 Å². The van der Waals surface area contributed by atoms with Gasteiger partial charge in [-0.2, -0.15) is 0 Å². The lowest BCUT2D eigenvalue weighted by Crippen LogP contribution is -2.32. The van der Waals surface area contributed by atoms with Gasteiger partial charge in [0.15, 0.2) is 0 Å². The SMILES string of the molecule is COc1ccc(Cl)cc1NC1=C(c2ccccc2OC)C(=O)N(c2cccc(Cl)c2)C1=O. The zero-order valence-electron chi connectivity index (χ0n) is 17.2. The summed E-state index contributed by atoms with van der Waals surface area (Å²) in [5, 5.41) is 3.91. The number of imide groups is 1. The summed E-state index contributed by atoms with van der Waals surface area (Å²) in [5.74, 6) is -0.137. The first kappa shape index (κ1) is 21.7. The first-order valence-corrected chi connectivity index (χ1v) is 10.3. The van der Waals surface area contributed by atoms with E-state index in [4.69, 9.17) is 32.7 Å². The van der Waals surface area contributed by atoms with Crippen LogP contribution in [0.3, 0.4) is 0 Å². The van der Waals surface area contributed by atoms with Crippen molar-refractivity contribution >= 4 is 52.0 Å². The molecule has 3 aromatic rings. The second-order valence-corrected chi connectivity index (χ2v) is 7.72. The van der Waals surface area contributed by atoms with Crippen molar-refractivity contribution in [3.05, 3.63) is 88.0 Å². The highest BCUT2D eigenvalue weighted by Crippen LogP contribution is 2.39. The van der Waals surface area contributed by atoms with Gasteiger partial charge in [-0.15, -0.1) is 0 Å². The lowest BCUT2D eigenvalue weighted by atomic mass is 10.0. The van der Waals surface area contributed by atoms with Crippen molar-refractivity contribution in [3.8, 4) is 11.5 Å². The number of hydrogen-bond acceptors (Lipinski definition) is 5. The summed E-state index contributed by atoms with van der Waals surface area (Å²) in [6.45, 7) is 0. The van der Waals surface area contributed by atoms with E-state index < -0.39 is 11.8 Å². The van der Waals surface area contributed by atoms with Crippen molar-refractivity contribution in [1.82, 2.24) is 0 Å². The molecular weight excluding hydrogens is 451 g/mol. The van der Waals surface area contributed by atoms with Crippen molar-refractivity contribution in [2.24, 2.45) is 0 Å². The van der Waals surface area contributed by atoms with Crippen LogP contribution in [0.5, 0.6) is 11.5 Å². The second-order valence-electron chi connectivity index (χ2n) is 6.85. The second kappa shape index (κ2) is 8.94. The topological polar surface area (TPSA) is 67.9 Å².